The third-order valence-corrected chi connectivity index (χ3v) is 2.76. The van der Waals surface area contributed by atoms with E-state index in [-0.39, 0.29) is 11.7 Å². The second-order valence-corrected chi connectivity index (χ2v) is 4.82. The van der Waals surface area contributed by atoms with Crippen molar-refractivity contribution in [1.82, 2.24) is 4.98 Å². The first-order chi connectivity index (χ1) is 8.54. The van der Waals surface area contributed by atoms with Crippen LogP contribution in [-0.2, 0) is 0 Å². The van der Waals surface area contributed by atoms with E-state index in [2.05, 4.69) is 32.9 Å². The molecule has 0 saturated carbocycles. The Bertz CT molecular complexity index is 583. The monoisotopic (exact) mass is 357 g/mol. The smallest absolute Gasteiger partial charge is 0.256 e. The van der Waals surface area contributed by atoms with Gasteiger partial charge in [0.15, 0.2) is 0 Å². The molecule has 1 amide bonds. The first kappa shape index (κ1) is 12.7. The minimum Gasteiger partial charge on any atom is -0.399 e. The second kappa shape index (κ2) is 5.30. The van der Waals surface area contributed by atoms with Gasteiger partial charge >= 0.3 is 0 Å². The molecule has 0 radical (unpaired) electrons. The predicted octanol–water partition coefficient (Wildman–Crippen LogP) is 2.66. The van der Waals surface area contributed by atoms with Crippen LogP contribution in [0.2, 0.25) is 0 Å². The Morgan fingerprint density at radius 3 is 2.78 bits per heavy atom. The summed E-state index contributed by atoms with van der Waals surface area (Å²) in [7, 11) is 0. The second-order valence-electron chi connectivity index (χ2n) is 3.57. The van der Waals surface area contributed by atoms with Gasteiger partial charge in [0.1, 0.15) is 5.82 Å². The van der Waals surface area contributed by atoms with Crippen LogP contribution in [0.15, 0.2) is 36.4 Å². The highest BCUT2D eigenvalue weighted by atomic mass is 127. The fourth-order valence-corrected chi connectivity index (χ4v) is 2.10. The fraction of sp³-hybridized carbons (Fsp3) is 0. The van der Waals surface area contributed by atoms with Crippen LogP contribution in [0.1, 0.15) is 10.4 Å². The van der Waals surface area contributed by atoms with Gasteiger partial charge in [-0.3, -0.25) is 4.79 Å². The molecule has 0 unspecified atom stereocenters. The number of rotatable bonds is 2. The molecular weight excluding hydrogens is 348 g/mol. The first-order valence-electron chi connectivity index (χ1n) is 5.04. The molecule has 1 heterocycles. The van der Waals surface area contributed by atoms with Crippen LogP contribution in [0.3, 0.4) is 0 Å². The highest BCUT2D eigenvalue weighted by Gasteiger charge is 2.08. The van der Waals surface area contributed by atoms with Crippen molar-refractivity contribution >= 4 is 40.0 Å². The topological polar surface area (TPSA) is 68.0 Å². The molecule has 0 fully saturated rings. The highest BCUT2D eigenvalue weighted by Crippen LogP contribution is 2.15. The van der Waals surface area contributed by atoms with Gasteiger partial charge in [-0.1, -0.05) is 6.07 Å². The molecule has 0 atom stereocenters. The van der Waals surface area contributed by atoms with E-state index in [1.807, 2.05) is 0 Å². The zero-order valence-electron chi connectivity index (χ0n) is 9.15. The normalized spacial score (nSPS) is 10.1. The summed E-state index contributed by atoms with van der Waals surface area (Å²) in [4.78, 5) is 15.4. The summed E-state index contributed by atoms with van der Waals surface area (Å²) in [6, 6.07) is 9.18. The Hall–Kier alpha value is -1.70. The largest absolute Gasteiger partial charge is 0.399 e. The lowest BCUT2D eigenvalue weighted by atomic mass is 10.2. The number of nitrogens with zero attached hydrogens (tertiary/aromatic N) is 1. The lowest BCUT2D eigenvalue weighted by Crippen LogP contribution is -2.13. The van der Waals surface area contributed by atoms with Crippen molar-refractivity contribution in [3.63, 3.8) is 0 Å². The summed E-state index contributed by atoms with van der Waals surface area (Å²) in [5, 5.41) is 2.50. The molecule has 3 N–H and O–H groups in total. The number of benzene rings is 1. The minimum atomic E-state index is -0.644. The molecule has 92 valence electrons. The molecule has 1 aromatic heterocycles. The molecule has 6 heteroatoms. The molecule has 2 rings (SSSR count). The SMILES string of the molecule is Nc1cc(I)cc(C(=O)Nc2cccc(F)n2)c1. The number of carbonyl (C=O) groups excluding carboxylic acids is 1. The number of halogens is 2. The molecule has 0 saturated heterocycles. The van der Waals surface area contributed by atoms with Crippen molar-refractivity contribution in [2.24, 2.45) is 0 Å². The van der Waals surface area contributed by atoms with E-state index >= 15 is 0 Å². The molecular formula is C12H9FIN3O. The molecule has 0 aliphatic rings. The number of pyridine rings is 1. The molecule has 0 spiro atoms. The van der Waals surface area contributed by atoms with Gasteiger partial charge in [-0.05, 0) is 52.9 Å². The van der Waals surface area contributed by atoms with Gasteiger partial charge in [-0.2, -0.15) is 4.39 Å². The Balaban J connectivity index is 2.22. The number of nitrogens with one attached hydrogen (secondary N) is 1. The first-order valence-corrected chi connectivity index (χ1v) is 6.12. The van der Waals surface area contributed by atoms with Crippen molar-refractivity contribution in [3.05, 3.63) is 51.5 Å². The summed E-state index contributed by atoms with van der Waals surface area (Å²) in [6.45, 7) is 0. The standard InChI is InChI=1S/C12H9FIN3O/c13-10-2-1-3-11(16-10)17-12(18)7-4-8(14)6-9(15)5-7/h1-6H,15H2,(H,16,17,18). The summed E-state index contributed by atoms with van der Waals surface area (Å²) in [5.41, 5.74) is 6.56. The average molecular weight is 357 g/mol. The number of nitrogen functional groups attached to an aromatic ring is 1. The Kier molecular flexibility index (Phi) is 3.75. The van der Waals surface area contributed by atoms with Crippen molar-refractivity contribution in [1.29, 1.82) is 0 Å². The van der Waals surface area contributed by atoms with Gasteiger partial charge in [0, 0.05) is 14.8 Å². The van der Waals surface area contributed by atoms with Crippen LogP contribution in [0.5, 0.6) is 0 Å². The van der Waals surface area contributed by atoms with Crippen molar-refractivity contribution in [2.45, 2.75) is 0 Å². The van der Waals surface area contributed by atoms with E-state index < -0.39 is 5.95 Å². The molecule has 2 aromatic rings. The number of carbonyl (C=O) groups is 1. The van der Waals surface area contributed by atoms with Crippen molar-refractivity contribution in [3.8, 4) is 0 Å². The maximum atomic E-state index is 12.9. The van der Waals surface area contributed by atoms with Gasteiger partial charge in [0.2, 0.25) is 5.95 Å². The summed E-state index contributed by atoms with van der Waals surface area (Å²) < 4.78 is 13.7. The van der Waals surface area contributed by atoms with E-state index in [0.29, 0.717) is 11.3 Å². The lowest BCUT2D eigenvalue weighted by Gasteiger charge is -2.05. The Morgan fingerprint density at radius 1 is 1.33 bits per heavy atom. The average Bonchev–Trinajstić information content (AvgIpc) is 2.27. The van der Waals surface area contributed by atoms with Crippen LogP contribution >= 0.6 is 22.6 Å². The molecule has 1 aromatic carbocycles. The molecule has 0 aliphatic carbocycles. The Morgan fingerprint density at radius 2 is 2.11 bits per heavy atom. The lowest BCUT2D eigenvalue weighted by molar-refractivity contribution is 0.102. The predicted molar refractivity (Wildman–Crippen MR) is 75.7 cm³/mol. The summed E-state index contributed by atoms with van der Waals surface area (Å²) in [6.07, 6.45) is 0. The van der Waals surface area contributed by atoms with E-state index in [4.69, 9.17) is 5.73 Å². The van der Waals surface area contributed by atoms with Gasteiger partial charge in [0.05, 0.1) is 0 Å². The number of anilines is 2. The van der Waals surface area contributed by atoms with Crippen LogP contribution in [0.25, 0.3) is 0 Å². The summed E-state index contributed by atoms with van der Waals surface area (Å²) >= 11 is 2.07. The van der Waals surface area contributed by atoms with Crippen LogP contribution in [0, 0.1) is 9.52 Å². The molecule has 18 heavy (non-hydrogen) atoms. The quantitative estimate of drug-likeness (QED) is 0.493. The van der Waals surface area contributed by atoms with E-state index in [1.54, 1.807) is 18.2 Å². The Labute approximate surface area is 117 Å². The van der Waals surface area contributed by atoms with Crippen LogP contribution in [-0.4, -0.2) is 10.9 Å². The van der Waals surface area contributed by atoms with Crippen LogP contribution in [0.4, 0.5) is 15.9 Å². The van der Waals surface area contributed by atoms with Crippen molar-refractivity contribution < 1.29 is 9.18 Å². The maximum absolute atomic E-state index is 12.9. The van der Waals surface area contributed by atoms with Gasteiger partial charge in [0.25, 0.3) is 5.91 Å². The van der Waals surface area contributed by atoms with E-state index in [0.717, 1.165) is 3.57 Å². The maximum Gasteiger partial charge on any atom is 0.256 e. The molecule has 4 nitrogen and oxygen atoms in total. The van der Waals surface area contributed by atoms with Crippen molar-refractivity contribution in [2.75, 3.05) is 11.1 Å². The zero-order valence-corrected chi connectivity index (χ0v) is 11.3. The zero-order chi connectivity index (χ0) is 13.1. The molecule has 0 bridgehead atoms. The molecule has 0 aliphatic heterocycles. The number of hydrogen-bond donors (Lipinski definition) is 2. The van der Waals surface area contributed by atoms with Gasteiger partial charge < -0.3 is 11.1 Å². The van der Waals surface area contributed by atoms with Gasteiger partial charge in [-0.15, -0.1) is 0 Å². The number of nitrogens with two attached hydrogens (primary N) is 1. The highest BCUT2D eigenvalue weighted by molar-refractivity contribution is 14.1. The number of aromatic nitrogens is 1. The number of hydrogen-bond acceptors (Lipinski definition) is 3. The van der Waals surface area contributed by atoms with E-state index in [9.17, 15) is 9.18 Å². The fourth-order valence-electron chi connectivity index (χ4n) is 1.41. The third-order valence-electron chi connectivity index (χ3n) is 2.14. The van der Waals surface area contributed by atoms with Crippen LogP contribution < -0.4 is 11.1 Å². The van der Waals surface area contributed by atoms with Gasteiger partial charge in [-0.25, -0.2) is 4.98 Å². The van der Waals surface area contributed by atoms with E-state index in [1.165, 1.54) is 18.2 Å². The number of amides is 1. The third kappa shape index (κ3) is 3.16. The minimum absolute atomic E-state index is 0.164. The summed E-state index contributed by atoms with van der Waals surface area (Å²) in [5.74, 6) is -0.856.